The molecule has 0 atom stereocenters. The highest BCUT2D eigenvalue weighted by Crippen LogP contribution is 2.28. The molecule has 136 valence electrons. The van der Waals surface area contributed by atoms with Gasteiger partial charge in [0.15, 0.2) is 11.7 Å². The predicted molar refractivity (Wildman–Crippen MR) is 101 cm³/mol. The first kappa shape index (κ1) is 18.3. The zero-order chi connectivity index (χ0) is 18.7. The van der Waals surface area contributed by atoms with E-state index in [0.717, 1.165) is 4.31 Å². The number of aromatic nitrogens is 1. The van der Waals surface area contributed by atoms with Crippen LogP contribution in [0.25, 0.3) is 10.2 Å². The number of carbonyl (C=O) groups excluding carboxylic acids is 1. The number of para-hydroxylation sites is 1. The lowest BCUT2D eigenvalue weighted by Gasteiger charge is -2.10. The summed E-state index contributed by atoms with van der Waals surface area (Å²) in [5, 5.41) is 3.06. The summed E-state index contributed by atoms with van der Waals surface area (Å²) in [6, 6.07) is 13.7. The van der Waals surface area contributed by atoms with E-state index in [0.29, 0.717) is 21.1 Å². The summed E-state index contributed by atoms with van der Waals surface area (Å²) in [5.74, 6) is 0.263. The molecule has 7 nitrogen and oxygen atoms in total. The van der Waals surface area contributed by atoms with Crippen molar-refractivity contribution in [1.82, 2.24) is 9.29 Å². The van der Waals surface area contributed by atoms with Gasteiger partial charge in [-0.2, -0.15) is 0 Å². The number of hydrogen-bond donors (Lipinski definition) is 1. The van der Waals surface area contributed by atoms with E-state index < -0.39 is 10.0 Å². The van der Waals surface area contributed by atoms with Gasteiger partial charge in [-0.05, 0) is 30.3 Å². The summed E-state index contributed by atoms with van der Waals surface area (Å²) in [6.07, 6.45) is 0. The number of hydrogen-bond acceptors (Lipinski definition) is 6. The molecule has 1 heterocycles. The number of rotatable bonds is 6. The van der Waals surface area contributed by atoms with Crippen LogP contribution in [0.15, 0.2) is 53.4 Å². The molecule has 1 N–H and O–H groups in total. The number of thiazole rings is 1. The van der Waals surface area contributed by atoms with Gasteiger partial charge in [0, 0.05) is 14.1 Å². The third-order valence-electron chi connectivity index (χ3n) is 3.50. The second kappa shape index (κ2) is 7.40. The first-order valence-corrected chi connectivity index (χ1v) is 9.93. The molecule has 0 unspecified atom stereocenters. The van der Waals surface area contributed by atoms with E-state index in [-0.39, 0.29) is 17.4 Å². The average molecular weight is 391 g/mol. The van der Waals surface area contributed by atoms with Gasteiger partial charge in [0.2, 0.25) is 10.0 Å². The molecule has 0 aliphatic rings. The number of anilines is 1. The van der Waals surface area contributed by atoms with Crippen LogP contribution < -0.4 is 10.1 Å². The lowest BCUT2D eigenvalue weighted by atomic mass is 10.3. The van der Waals surface area contributed by atoms with Gasteiger partial charge in [0.1, 0.15) is 5.75 Å². The van der Waals surface area contributed by atoms with Crippen molar-refractivity contribution in [2.45, 2.75) is 4.90 Å². The van der Waals surface area contributed by atoms with Crippen LogP contribution in [0.2, 0.25) is 0 Å². The minimum atomic E-state index is -3.52. The molecule has 9 heteroatoms. The molecule has 0 spiro atoms. The molecule has 0 saturated heterocycles. The van der Waals surface area contributed by atoms with E-state index in [4.69, 9.17) is 4.74 Å². The van der Waals surface area contributed by atoms with Gasteiger partial charge < -0.3 is 4.74 Å². The summed E-state index contributed by atoms with van der Waals surface area (Å²) < 4.78 is 31.6. The second-order valence-corrected chi connectivity index (χ2v) is 8.77. The number of carbonyl (C=O) groups is 1. The molecule has 0 fully saturated rings. The first-order valence-electron chi connectivity index (χ1n) is 7.67. The summed E-state index contributed by atoms with van der Waals surface area (Å²) in [4.78, 5) is 16.5. The smallest absolute Gasteiger partial charge is 0.264 e. The molecule has 0 saturated carbocycles. The fourth-order valence-corrected chi connectivity index (χ4v) is 4.07. The van der Waals surface area contributed by atoms with Gasteiger partial charge >= 0.3 is 0 Å². The zero-order valence-electron chi connectivity index (χ0n) is 14.2. The minimum absolute atomic E-state index is 0.139. The molecule has 0 aliphatic carbocycles. The van der Waals surface area contributed by atoms with Crippen molar-refractivity contribution in [3.05, 3.63) is 48.5 Å². The van der Waals surface area contributed by atoms with E-state index in [1.165, 1.54) is 31.5 Å². The Labute approximate surface area is 155 Å². The Bertz CT molecular complexity index is 1030. The zero-order valence-corrected chi connectivity index (χ0v) is 15.8. The lowest BCUT2D eigenvalue weighted by Crippen LogP contribution is -2.22. The largest absolute Gasteiger partial charge is 0.484 e. The van der Waals surface area contributed by atoms with Crippen molar-refractivity contribution in [2.24, 2.45) is 0 Å². The summed E-state index contributed by atoms with van der Waals surface area (Å²) in [5.41, 5.74) is 0.618. The van der Waals surface area contributed by atoms with Crippen molar-refractivity contribution >= 4 is 42.6 Å². The maximum atomic E-state index is 12.2. The first-order chi connectivity index (χ1) is 12.4. The van der Waals surface area contributed by atoms with E-state index in [1.807, 2.05) is 18.2 Å². The summed E-state index contributed by atoms with van der Waals surface area (Å²) in [7, 11) is -0.563. The molecule has 3 aromatic rings. The van der Waals surface area contributed by atoms with Crippen molar-refractivity contribution in [2.75, 3.05) is 26.0 Å². The van der Waals surface area contributed by atoms with Gasteiger partial charge in [-0.1, -0.05) is 29.5 Å². The highest BCUT2D eigenvalue weighted by Gasteiger charge is 2.18. The molecule has 2 aromatic carbocycles. The number of fused-ring (bicyclic) bond motifs is 1. The average Bonchev–Trinajstić information content (AvgIpc) is 3.02. The van der Waals surface area contributed by atoms with Crippen LogP contribution in [-0.2, 0) is 14.8 Å². The van der Waals surface area contributed by atoms with Gasteiger partial charge in [-0.25, -0.2) is 17.7 Å². The predicted octanol–water partition coefficient (Wildman–Crippen LogP) is 2.56. The van der Waals surface area contributed by atoms with Crippen molar-refractivity contribution in [3.8, 4) is 5.75 Å². The van der Waals surface area contributed by atoms with E-state index in [2.05, 4.69) is 10.3 Å². The fourth-order valence-electron chi connectivity index (χ4n) is 2.15. The number of nitrogens with one attached hydrogen (secondary N) is 1. The molecule has 26 heavy (non-hydrogen) atoms. The highest BCUT2D eigenvalue weighted by molar-refractivity contribution is 7.89. The molecule has 0 bridgehead atoms. The highest BCUT2D eigenvalue weighted by atomic mass is 32.2. The maximum Gasteiger partial charge on any atom is 0.264 e. The molecular weight excluding hydrogens is 374 g/mol. The van der Waals surface area contributed by atoms with Gasteiger partial charge in [0.05, 0.1) is 15.1 Å². The quantitative estimate of drug-likeness (QED) is 0.698. The number of ether oxygens (including phenoxy) is 1. The maximum absolute atomic E-state index is 12.2. The van der Waals surface area contributed by atoms with E-state index in [1.54, 1.807) is 24.3 Å². The number of amides is 1. The second-order valence-electron chi connectivity index (χ2n) is 5.59. The Kier molecular flexibility index (Phi) is 5.21. The summed E-state index contributed by atoms with van der Waals surface area (Å²) in [6.45, 7) is -0.139. The number of sulfonamides is 1. The van der Waals surface area contributed by atoms with Gasteiger partial charge in [0.25, 0.3) is 5.91 Å². The minimum Gasteiger partial charge on any atom is -0.484 e. The van der Waals surface area contributed by atoms with Crippen molar-refractivity contribution in [3.63, 3.8) is 0 Å². The third-order valence-corrected chi connectivity index (χ3v) is 6.24. The molecule has 1 aromatic heterocycles. The molecule has 1 amide bonds. The lowest BCUT2D eigenvalue weighted by molar-refractivity contribution is -0.118. The van der Waals surface area contributed by atoms with Gasteiger partial charge in [-0.15, -0.1) is 0 Å². The Morgan fingerprint density at radius 3 is 2.62 bits per heavy atom. The molecule has 0 aliphatic heterocycles. The Morgan fingerprint density at radius 2 is 1.92 bits per heavy atom. The van der Waals surface area contributed by atoms with Crippen LogP contribution >= 0.6 is 11.3 Å². The molecule has 0 radical (unpaired) electrons. The van der Waals surface area contributed by atoms with E-state index in [9.17, 15) is 13.2 Å². The van der Waals surface area contributed by atoms with Crippen molar-refractivity contribution < 1.29 is 17.9 Å². The third kappa shape index (κ3) is 4.01. The Morgan fingerprint density at radius 1 is 1.19 bits per heavy atom. The number of benzene rings is 2. The van der Waals surface area contributed by atoms with Crippen LogP contribution in [0.4, 0.5) is 5.13 Å². The monoisotopic (exact) mass is 391 g/mol. The van der Waals surface area contributed by atoms with Crippen LogP contribution in [-0.4, -0.2) is 44.3 Å². The van der Waals surface area contributed by atoms with Crippen LogP contribution in [0.1, 0.15) is 0 Å². The van der Waals surface area contributed by atoms with Crippen LogP contribution in [0.3, 0.4) is 0 Å². The van der Waals surface area contributed by atoms with Crippen LogP contribution in [0.5, 0.6) is 5.75 Å². The Balaban J connectivity index is 1.72. The standard InChI is InChI=1S/C17H17N3O4S2/c1-20(2)26(22,23)13-8-9-14-15(10-13)25-17(18-14)19-16(21)11-24-12-6-4-3-5-7-12/h3-10H,11H2,1-2H3,(H,18,19,21). The Hall–Kier alpha value is -2.49. The molecular formula is C17H17N3O4S2. The summed E-state index contributed by atoms with van der Waals surface area (Å²) >= 11 is 1.21. The molecule has 3 rings (SSSR count). The van der Waals surface area contributed by atoms with E-state index >= 15 is 0 Å². The normalized spacial score (nSPS) is 11.7. The van der Waals surface area contributed by atoms with Crippen LogP contribution in [0, 0.1) is 0 Å². The number of nitrogens with zero attached hydrogens (tertiary/aromatic N) is 2. The topological polar surface area (TPSA) is 88.6 Å². The van der Waals surface area contributed by atoms with Gasteiger partial charge in [-0.3, -0.25) is 10.1 Å². The SMILES string of the molecule is CN(C)S(=O)(=O)c1ccc2nc(NC(=O)COc3ccccc3)sc2c1. The van der Waals surface area contributed by atoms with Crippen molar-refractivity contribution in [1.29, 1.82) is 0 Å². The fraction of sp³-hybridized carbons (Fsp3) is 0.176.